The summed E-state index contributed by atoms with van der Waals surface area (Å²) < 4.78 is 1.85. The third-order valence-corrected chi connectivity index (χ3v) is 3.66. The molecule has 15 heavy (non-hydrogen) atoms. The van der Waals surface area contributed by atoms with E-state index in [0.717, 1.165) is 11.5 Å². The number of aliphatic hydroxyl groups is 1. The molecule has 1 saturated heterocycles. The van der Waals surface area contributed by atoms with Gasteiger partial charge in [0.25, 0.3) is 0 Å². The minimum absolute atomic E-state index is 0.134. The van der Waals surface area contributed by atoms with E-state index in [2.05, 4.69) is 10.4 Å². The Morgan fingerprint density at radius 3 is 3.27 bits per heavy atom. The third-order valence-electron chi connectivity index (χ3n) is 2.50. The lowest BCUT2D eigenvalue weighted by Gasteiger charge is -2.13. The van der Waals surface area contributed by atoms with Crippen LogP contribution >= 0.6 is 11.8 Å². The average Bonchev–Trinajstić information content (AvgIpc) is 2.78. The van der Waals surface area contributed by atoms with Gasteiger partial charge in [0.2, 0.25) is 0 Å². The Hall–Kier alpha value is -0.680. The van der Waals surface area contributed by atoms with Crippen LogP contribution in [0.2, 0.25) is 0 Å². The van der Waals surface area contributed by atoms with Crippen LogP contribution in [0.15, 0.2) is 6.07 Å². The number of rotatable bonds is 4. The Kier molecular flexibility index (Phi) is 3.53. The van der Waals surface area contributed by atoms with E-state index in [1.165, 1.54) is 17.9 Å². The van der Waals surface area contributed by atoms with Crippen LogP contribution in [-0.4, -0.2) is 39.0 Å². The monoisotopic (exact) mass is 227 g/mol. The van der Waals surface area contributed by atoms with Crippen molar-refractivity contribution in [2.45, 2.75) is 25.9 Å². The molecular formula is C10H17N3OS. The highest BCUT2D eigenvalue weighted by molar-refractivity contribution is 7.99. The molecule has 2 N–H and O–H groups in total. The van der Waals surface area contributed by atoms with Gasteiger partial charge in [0.1, 0.15) is 5.82 Å². The largest absolute Gasteiger partial charge is 0.394 e. The molecule has 2 rings (SSSR count). The highest BCUT2D eigenvalue weighted by atomic mass is 32.2. The molecular weight excluding hydrogens is 210 g/mol. The first-order chi connectivity index (χ1) is 7.29. The molecule has 0 bridgehead atoms. The van der Waals surface area contributed by atoms with Gasteiger partial charge in [-0.25, -0.2) is 4.68 Å². The number of hydrogen-bond acceptors (Lipinski definition) is 4. The number of thioether (sulfide) groups is 1. The second-order valence-corrected chi connectivity index (χ2v) is 4.97. The summed E-state index contributed by atoms with van der Waals surface area (Å²) in [5.74, 6) is 3.45. The first-order valence-corrected chi connectivity index (χ1v) is 6.44. The van der Waals surface area contributed by atoms with Gasteiger partial charge in [-0.3, -0.25) is 0 Å². The fourth-order valence-electron chi connectivity index (χ4n) is 1.78. The fourth-order valence-corrected chi connectivity index (χ4v) is 2.94. The number of aliphatic hydroxyl groups excluding tert-OH is 1. The number of hydrogen-bond donors (Lipinski definition) is 2. The molecule has 0 amide bonds. The Bertz CT molecular complexity index is 320. The summed E-state index contributed by atoms with van der Waals surface area (Å²) in [6.45, 7) is 2.67. The van der Waals surface area contributed by atoms with Crippen molar-refractivity contribution in [3.8, 4) is 0 Å². The Morgan fingerprint density at radius 1 is 1.73 bits per heavy atom. The smallest absolute Gasteiger partial charge is 0.124 e. The van der Waals surface area contributed by atoms with Gasteiger partial charge in [-0.15, -0.1) is 0 Å². The van der Waals surface area contributed by atoms with Crippen molar-refractivity contribution in [2.75, 3.05) is 23.4 Å². The summed E-state index contributed by atoms with van der Waals surface area (Å²) >= 11 is 1.99. The van der Waals surface area contributed by atoms with Gasteiger partial charge < -0.3 is 10.4 Å². The lowest BCUT2D eigenvalue weighted by Crippen LogP contribution is -2.21. The van der Waals surface area contributed by atoms with Crippen molar-refractivity contribution in [1.82, 2.24) is 9.78 Å². The molecule has 1 atom stereocenters. The Labute approximate surface area is 94.1 Å². The molecule has 0 aliphatic carbocycles. The topological polar surface area (TPSA) is 50.1 Å². The highest BCUT2D eigenvalue weighted by Gasteiger charge is 2.16. The van der Waals surface area contributed by atoms with Crippen molar-refractivity contribution < 1.29 is 5.11 Å². The molecule has 84 valence electrons. The van der Waals surface area contributed by atoms with Gasteiger partial charge in [0.05, 0.1) is 18.8 Å². The molecule has 1 unspecified atom stereocenters. The van der Waals surface area contributed by atoms with Crippen LogP contribution in [0.25, 0.3) is 0 Å². The molecule has 4 nitrogen and oxygen atoms in total. The van der Waals surface area contributed by atoms with Gasteiger partial charge in [-0.05, 0) is 19.1 Å². The standard InChI is InChI=1S/C10H17N3OS/c1-8-6-10(13(12-8)3-4-14)11-9-2-5-15-7-9/h6,9,11,14H,2-5,7H2,1H3. The number of nitrogens with one attached hydrogen (secondary N) is 1. The van der Waals surface area contributed by atoms with Crippen LogP contribution in [0.4, 0.5) is 5.82 Å². The normalized spacial score (nSPS) is 20.8. The molecule has 2 heterocycles. The van der Waals surface area contributed by atoms with E-state index >= 15 is 0 Å². The summed E-state index contributed by atoms with van der Waals surface area (Å²) in [6.07, 6.45) is 1.22. The summed E-state index contributed by atoms with van der Waals surface area (Å²) in [6, 6.07) is 2.60. The molecule has 5 heteroatoms. The van der Waals surface area contributed by atoms with Crippen LogP contribution in [0.5, 0.6) is 0 Å². The Morgan fingerprint density at radius 2 is 2.60 bits per heavy atom. The fraction of sp³-hybridized carbons (Fsp3) is 0.700. The second kappa shape index (κ2) is 4.90. The van der Waals surface area contributed by atoms with Crippen LogP contribution in [-0.2, 0) is 6.54 Å². The molecule has 0 aromatic carbocycles. The zero-order valence-electron chi connectivity index (χ0n) is 8.94. The number of aromatic nitrogens is 2. The van der Waals surface area contributed by atoms with Crippen molar-refractivity contribution >= 4 is 17.6 Å². The van der Waals surface area contributed by atoms with Gasteiger partial charge in [0.15, 0.2) is 0 Å². The third kappa shape index (κ3) is 2.66. The number of nitrogens with zero attached hydrogens (tertiary/aromatic N) is 2. The van der Waals surface area contributed by atoms with E-state index in [0.29, 0.717) is 12.6 Å². The molecule has 1 aromatic heterocycles. The molecule has 1 aliphatic rings. The van der Waals surface area contributed by atoms with Crippen LogP contribution in [0.3, 0.4) is 0 Å². The average molecular weight is 227 g/mol. The maximum atomic E-state index is 8.92. The van der Waals surface area contributed by atoms with Crippen LogP contribution < -0.4 is 5.32 Å². The van der Waals surface area contributed by atoms with Gasteiger partial charge in [-0.1, -0.05) is 0 Å². The number of anilines is 1. The number of aryl methyl sites for hydroxylation is 1. The first kappa shape index (κ1) is 10.8. The van der Waals surface area contributed by atoms with Crippen LogP contribution in [0, 0.1) is 6.92 Å². The lowest BCUT2D eigenvalue weighted by molar-refractivity contribution is 0.270. The summed E-state index contributed by atoms with van der Waals surface area (Å²) in [7, 11) is 0. The van der Waals surface area contributed by atoms with E-state index in [4.69, 9.17) is 5.11 Å². The van der Waals surface area contributed by atoms with E-state index < -0.39 is 0 Å². The predicted molar refractivity (Wildman–Crippen MR) is 63.4 cm³/mol. The van der Waals surface area contributed by atoms with Crippen molar-refractivity contribution in [2.24, 2.45) is 0 Å². The van der Waals surface area contributed by atoms with E-state index in [9.17, 15) is 0 Å². The van der Waals surface area contributed by atoms with Crippen LogP contribution in [0.1, 0.15) is 12.1 Å². The molecule has 0 spiro atoms. The minimum Gasteiger partial charge on any atom is -0.394 e. The van der Waals surface area contributed by atoms with E-state index in [-0.39, 0.29) is 6.61 Å². The molecule has 0 radical (unpaired) electrons. The SMILES string of the molecule is Cc1cc(NC2CCSC2)n(CCO)n1. The minimum atomic E-state index is 0.134. The van der Waals surface area contributed by atoms with Gasteiger partial charge in [0, 0.05) is 17.9 Å². The maximum Gasteiger partial charge on any atom is 0.124 e. The first-order valence-electron chi connectivity index (χ1n) is 5.29. The van der Waals surface area contributed by atoms with E-state index in [1.807, 2.05) is 29.4 Å². The van der Waals surface area contributed by atoms with Crippen molar-refractivity contribution in [3.05, 3.63) is 11.8 Å². The lowest BCUT2D eigenvalue weighted by atomic mass is 10.2. The van der Waals surface area contributed by atoms with Gasteiger partial charge >= 0.3 is 0 Å². The summed E-state index contributed by atoms with van der Waals surface area (Å²) in [5.41, 5.74) is 0.997. The highest BCUT2D eigenvalue weighted by Crippen LogP contribution is 2.21. The van der Waals surface area contributed by atoms with E-state index in [1.54, 1.807) is 0 Å². The Balaban J connectivity index is 2.04. The maximum absolute atomic E-state index is 8.92. The summed E-state index contributed by atoms with van der Waals surface area (Å²) in [5, 5.41) is 16.7. The molecule has 1 aliphatic heterocycles. The predicted octanol–water partition coefficient (Wildman–Crippen LogP) is 1.10. The van der Waals surface area contributed by atoms with Crippen molar-refractivity contribution in [1.29, 1.82) is 0 Å². The zero-order chi connectivity index (χ0) is 10.7. The molecule has 1 aromatic rings. The van der Waals surface area contributed by atoms with Crippen molar-refractivity contribution in [3.63, 3.8) is 0 Å². The summed E-state index contributed by atoms with van der Waals surface area (Å²) in [4.78, 5) is 0. The molecule has 1 fully saturated rings. The zero-order valence-corrected chi connectivity index (χ0v) is 9.76. The second-order valence-electron chi connectivity index (χ2n) is 3.82. The quantitative estimate of drug-likeness (QED) is 0.809. The molecule has 0 saturated carbocycles. The van der Waals surface area contributed by atoms with Gasteiger partial charge in [-0.2, -0.15) is 16.9 Å².